The number of nitrogens with one attached hydrogen (secondary N) is 1. The summed E-state index contributed by atoms with van der Waals surface area (Å²) >= 11 is 0. The van der Waals surface area contributed by atoms with E-state index >= 15 is 0 Å². The molecule has 2 N–H and O–H groups in total. The molecule has 1 aromatic heterocycles. The molecule has 0 fully saturated rings. The molecule has 96 valence electrons. The van der Waals surface area contributed by atoms with Gasteiger partial charge in [0.2, 0.25) is 0 Å². The highest BCUT2D eigenvalue weighted by Crippen LogP contribution is 2.21. The van der Waals surface area contributed by atoms with Crippen LogP contribution in [0.25, 0.3) is 0 Å². The second kappa shape index (κ2) is 5.31. The molecule has 0 aliphatic rings. The molecule has 1 unspecified atom stereocenters. The summed E-state index contributed by atoms with van der Waals surface area (Å²) < 4.78 is 4.83. The lowest BCUT2D eigenvalue weighted by atomic mass is 9.87. The molecule has 0 bridgehead atoms. The molecule has 1 atom stereocenters. The van der Waals surface area contributed by atoms with Gasteiger partial charge in [-0.3, -0.25) is 4.79 Å². The minimum atomic E-state index is -0.379. The van der Waals surface area contributed by atoms with Crippen molar-refractivity contribution in [2.45, 2.75) is 40.2 Å². The highest BCUT2D eigenvalue weighted by Gasteiger charge is 2.22. The van der Waals surface area contributed by atoms with Gasteiger partial charge < -0.3 is 14.9 Å². The van der Waals surface area contributed by atoms with Crippen LogP contribution >= 0.6 is 0 Å². The van der Waals surface area contributed by atoms with E-state index in [-0.39, 0.29) is 23.1 Å². The number of aliphatic hydroxyl groups excluding tert-OH is 1. The standard InChI is InChI=1S/C12H20N2O3/c1-8(15)6-12(3,4)7-13-11(16)10-5-9(2)17-14-10/h5,8,15H,6-7H2,1-4H3,(H,13,16). The molecule has 0 saturated carbocycles. The third kappa shape index (κ3) is 4.56. The van der Waals surface area contributed by atoms with Crippen LogP contribution in [0.5, 0.6) is 0 Å². The minimum Gasteiger partial charge on any atom is -0.393 e. The van der Waals surface area contributed by atoms with E-state index in [1.807, 2.05) is 13.8 Å². The Bertz CT molecular complexity index is 383. The van der Waals surface area contributed by atoms with Crippen LogP contribution in [0.1, 0.15) is 43.4 Å². The molecule has 0 aliphatic heterocycles. The maximum Gasteiger partial charge on any atom is 0.273 e. The van der Waals surface area contributed by atoms with Crippen molar-refractivity contribution in [1.29, 1.82) is 0 Å². The Labute approximate surface area is 101 Å². The third-order valence-electron chi connectivity index (χ3n) is 2.44. The van der Waals surface area contributed by atoms with Gasteiger partial charge in [-0.15, -0.1) is 0 Å². The highest BCUT2D eigenvalue weighted by atomic mass is 16.5. The van der Waals surface area contributed by atoms with Gasteiger partial charge in [0.25, 0.3) is 5.91 Å². The normalized spacial score (nSPS) is 13.5. The number of nitrogens with zero attached hydrogens (tertiary/aromatic N) is 1. The summed E-state index contributed by atoms with van der Waals surface area (Å²) in [6.07, 6.45) is 0.252. The first kappa shape index (κ1) is 13.7. The smallest absolute Gasteiger partial charge is 0.273 e. The van der Waals surface area contributed by atoms with Crippen molar-refractivity contribution in [3.8, 4) is 0 Å². The Morgan fingerprint density at radius 1 is 1.65 bits per heavy atom. The van der Waals surface area contributed by atoms with E-state index in [1.54, 1.807) is 19.9 Å². The van der Waals surface area contributed by atoms with E-state index in [4.69, 9.17) is 4.52 Å². The summed E-state index contributed by atoms with van der Waals surface area (Å²) in [7, 11) is 0. The largest absolute Gasteiger partial charge is 0.393 e. The van der Waals surface area contributed by atoms with E-state index in [2.05, 4.69) is 10.5 Å². The van der Waals surface area contributed by atoms with Gasteiger partial charge in [0.05, 0.1) is 6.10 Å². The summed E-state index contributed by atoms with van der Waals surface area (Å²) in [6.45, 7) is 7.95. The molecule has 1 amide bonds. The van der Waals surface area contributed by atoms with Gasteiger partial charge in [0, 0.05) is 12.6 Å². The molecule has 0 aromatic carbocycles. The predicted molar refractivity (Wildman–Crippen MR) is 63.7 cm³/mol. The summed E-state index contributed by atoms with van der Waals surface area (Å²) in [5.74, 6) is 0.360. The topological polar surface area (TPSA) is 75.4 Å². The summed E-state index contributed by atoms with van der Waals surface area (Å²) in [4.78, 5) is 11.7. The van der Waals surface area contributed by atoms with Crippen molar-refractivity contribution in [2.75, 3.05) is 6.54 Å². The van der Waals surface area contributed by atoms with Gasteiger partial charge in [-0.05, 0) is 25.7 Å². The molecule has 0 spiro atoms. The van der Waals surface area contributed by atoms with Crippen LogP contribution in [0.15, 0.2) is 10.6 Å². The summed E-state index contributed by atoms with van der Waals surface area (Å²) in [5, 5.41) is 15.8. The molecule has 0 aliphatic carbocycles. The van der Waals surface area contributed by atoms with Crippen molar-refractivity contribution < 1.29 is 14.4 Å². The van der Waals surface area contributed by atoms with Gasteiger partial charge in [0.1, 0.15) is 5.76 Å². The van der Waals surface area contributed by atoms with Crippen LogP contribution in [-0.2, 0) is 0 Å². The third-order valence-corrected chi connectivity index (χ3v) is 2.44. The number of hydrogen-bond acceptors (Lipinski definition) is 4. The van der Waals surface area contributed by atoms with Gasteiger partial charge in [-0.1, -0.05) is 19.0 Å². The number of carbonyl (C=O) groups excluding carboxylic acids is 1. The number of aliphatic hydroxyl groups is 1. The fourth-order valence-electron chi connectivity index (χ4n) is 1.76. The lowest BCUT2D eigenvalue weighted by Crippen LogP contribution is -2.35. The van der Waals surface area contributed by atoms with Crippen LogP contribution in [0.3, 0.4) is 0 Å². The van der Waals surface area contributed by atoms with E-state index < -0.39 is 0 Å². The van der Waals surface area contributed by atoms with Gasteiger partial charge in [0.15, 0.2) is 5.69 Å². The predicted octanol–water partition coefficient (Wildman–Crippen LogP) is 1.51. The average molecular weight is 240 g/mol. The second-order valence-corrected chi connectivity index (χ2v) is 5.22. The lowest BCUT2D eigenvalue weighted by molar-refractivity contribution is 0.0893. The monoisotopic (exact) mass is 240 g/mol. The van der Waals surface area contributed by atoms with Gasteiger partial charge in [-0.25, -0.2) is 0 Å². The fraction of sp³-hybridized carbons (Fsp3) is 0.667. The summed E-state index contributed by atoms with van der Waals surface area (Å²) in [6, 6.07) is 1.59. The van der Waals surface area contributed by atoms with Crippen LogP contribution in [0, 0.1) is 12.3 Å². The van der Waals surface area contributed by atoms with Crippen molar-refractivity contribution in [3.05, 3.63) is 17.5 Å². The number of amides is 1. The number of hydrogen-bond donors (Lipinski definition) is 2. The summed E-state index contributed by atoms with van der Waals surface area (Å²) in [5.41, 5.74) is 0.137. The number of carbonyl (C=O) groups is 1. The van der Waals surface area contributed by atoms with E-state index in [1.165, 1.54) is 0 Å². The van der Waals surface area contributed by atoms with Gasteiger partial charge in [-0.2, -0.15) is 0 Å². The second-order valence-electron chi connectivity index (χ2n) is 5.22. The minimum absolute atomic E-state index is 0.150. The van der Waals surface area contributed by atoms with E-state index in [0.29, 0.717) is 18.7 Å². The molecule has 5 nitrogen and oxygen atoms in total. The van der Waals surface area contributed by atoms with Crippen molar-refractivity contribution in [2.24, 2.45) is 5.41 Å². The van der Waals surface area contributed by atoms with Crippen LogP contribution in [-0.4, -0.2) is 28.8 Å². The Kier molecular flexibility index (Phi) is 4.28. The molecule has 0 radical (unpaired) electrons. The van der Waals surface area contributed by atoms with Crippen LogP contribution in [0.2, 0.25) is 0 Å². The zero-order chi connectivity index (χ0) is 13.1. The first-order valence-electron chi connectivity index (χ1n) is 5.70. The molecule has 1 aromatic rings. The molecule has 5 heteroatoms. The van der Waals surface area contributed by atoms with Crippen LogP contribution < -0.4 is 5.32 Å². The first-order valence-corrected chi connectivity index (χ1v) is 5.70. The molecular formula is C12H20N2O3. The zero-order valence-electron chi connectivity index (χ0n) is 10.8. The zero-order valence-corrected chi connectivity index (χ0v) is 10.8. The Morgan fingerprint density at radius 2 is 2.29 bits per heavy atom. The van der Waals surface area contributed by atoms with Gasteiger partial charge >= 0.3 is 0 Å². The first-order chi connectivity index (χ1) is 7.80. The van der Waals surface area contributed by atoms with E-state index in [9.17, 15) is 9.90 Å². The molecular weight excluding hydrogens is 220 g/mol. The maximum absolute atomic E-state index is 11.7. The average Bonchev–Trinajstić information content (AvgIpc) is 2.59. The van der Waals surface area contributed by atoms with Crippen molar-refractivity contribution in [1.82, 2.24) is 10.5 Å². The van der Waals surface area contributed by atoms with E-state index in [0.717, 1.165) is 0 Å². The fourth-order valence-corrected chi connectivity index (χ4v) is 1.76. The van der Waals surface area contributed by atoms with Crippen molar-refractivity contribution >= 4 is 5.91 Å². The Balaban J connectivity index is 2.48. The molecule has 17 heavy (non-hydrogen) atoms. The Morgan fingerprint density at radius 3 is 2.76 bits per heavy atom. The SMILES string of the molecule is Cc1cc(C(=O)NCC(C)(C)CC(C)O)no1. The number of aryl methyl sites for hydroxylation is 1. The van der Waals surface area contributed by atoms with Crippen molar-refractivity contribution in [3.63, 3.8) is 0 Å². The molecule has 0 saturated heterocycles. The Hall–Kier alpha value is -1.36. The quantitative estimate of drug-likeness (QED) is 0.818. The molecule has 1 rings (SSSR count). The highest BCUT2D eigenvalue weighted by molar-refractivity contribution is 5.92. The number of rotatable bonds is 5. The van der Waals surface area contributed by atoms with Crippen LogP contribution in [0.4, 0.5) is 0 Å². The number of aromatic nitrogens is 1. The maximum atomic E-state index is 11.7. The molecule has 1 heterocycles. The lowest BCUT2D eigenvalue weighted by Gasteiger charge is -2.26.